The van der Waals surface area contributed by atoms with Gasteiger partial charge in [0.1, 0.15) is 17.4 Å². The number of hydrogen-bond acceptors (Lipinski definition) is 5. The molecule has 0 radical (unpaired) electrons. The van der Waals surface area contributed by atoms with Gasteiger partial charge in [-0.25, -0.2) is 9.97 Å². The molecule has 1 fully saturated rings. The molecule has 23 heavy (non-hydrogen) atoms. The Morgan fingerprint density at radius 3 is 2.78 bits per heavy atom. The van der Waals surface area contributed by atoms with E-state index in [4.69, 9.17) is 5.11 Å². The number of aromatic amines is 1. The van der Waals surface area contributed by atoms with Gasteiger partial charge in [0.05, 0.1) is 6.61 Å². The number of piperazine rings is 1. The minimum absolute atomic E-state index is 0.221. The number of anilines is 1. The summed E-state index contributed by atoms with van der Waals surface area (Å²) in [5, 5.41) is 10.3. The van der Waals surface area contributed by atoms with E-state index in [2.05, 4.69) is 49.9 Å². The number of H-pyrrole nitrogens is 1. The van der Waals surface area contributed by atoms with Gasteiger partial charge < -0.3 is 15.0 Å². The van der Waals surface area contributed by atoms with Crippen molar-refractivity contribution in [3.05, 3.63) is 30.1 Å². The molecule has 0 amide bonds. The lowest BCUT2D eigenvalue weighted by Gasteiger charge is -2.35. The number of β-amino-alcohol motifs (C(OH)–C–C–N with tert-alkyl or cyclic N) is 1. The highest BCUT2D eigenvalue weighted by Gasteiger charge is 2.21. The predicted molar refractivity (Wildman–Crippen MR) is 91.9 cm³/mol. The Hall–Kier alpha value is -2.18. The molecule has 6 nitrogen and oxygen atoms in total. The molecule has 1 saturated heterocycles. The third kappa shape index (κ3) is 2.44. The van der Waals surface area contributed by atoms with E-state index in [0.717, 1.165) is 55.1 Å². The van der Waals surface area contributed by atoms with Crippen LogP contribution in [0.1, 0.15) is 5.56 Å². The van der Waals surface area contributed by atoms with Crippen molar-refractivity contribution in [1.29, 1.82) is 0 Å². The summed E-state index contributed by atoms with van der Waals surface area (Å²) < 4.78 is 0. The van der Waals surface area contributed by atoms with Crippen LogP contribution in [0.4, 0.5) is 5.82 Å². The van der Waals surface area contributed by atoms with Crippen LogP contribution >= 0.6 is 0 Å². The number of fused-ring (bicyclic) bond motifs is 3. The molecule has 0 unspecified atom stereocenters. The second kappa shape index (κ2) is 5.79. The zero-order chi connectivity index (χ0) is 15.8. The molecule has 0 aliphatic carbocycles. The average molecular weight is 311 g/mol. The van der Waals surface area contributed by atoms with Gasteiger partial charge >= 0.3 is 0 Å². The molecule has 0 spiro atoms. The first kappa shape index (κ1) is 14.4. The van der Waals surface area contributed by atoms with Crippen molar-refractivity contribution in [2.24, 2.45) is 0 Å². The molecule has 0 saturated carbocycles. The number of nitrogens with one attached hydrogen (secondary N) is 1. The van der Waals surface area contributed by atoms with Crippen LogP contribution in [0, 0.1) is 6.92 Å². The molecule has 0 atom stereocenters. The second-order valence-corrected chi connectivity index (χ2v) is 6.10. The van der Waals surface area contributed by atoms with Crippen molar-refractivity contribution in [3.8, 4) is 0 Å². The number of aromatic nitrogens is 3. The Bertz CT molecular complexity index is 835. The van der Waals surface area contributed by atoms with Crippen LogP contribution in [0.15, 0.2) is 24.5 Å². The smallest absolute Gasteiger partial charge is 0.156 e. The van der Waals surface area contributed by atoms with Crippen LogP contribution in [0.2, 0.25) is 0 Å². The van der Waals surface area contributed by atoms with Gasteiger partial charge in [0, 0.05) is 43.6 Å². The Morgan fingerprint density at radius 2 is 2.00 bits per heavy atom. The number of rotatable bonds is 3. The van der Waals surface area contributed by atoms with E-state index in [1.165, 1.54) is 10.9 Å². The van der Waals surface area contributed by atoms with Crippen LogP contribution in [0.3, 0.4) is 0 Å². The van der Waals surface area contributed by atoms with Gasteiger partial charge in [0.2, 0.25) is 0 Å². The van der Waals surface area contributed by atoms with Crippen molar-refractivity contribution >= 4 is 27.8 Å². The van der Waals surface area contributed by atoms with Gasteiger partial charge in [-0.05, 0) is 18.6 Å². The molecule has 120 valence electrons. The van der Waals surface area contributed by atoms with Gasteiger partial charge in [-0.3, -0.25) is 4.90 Å². The summed E-state index contributed by atoms with van der Waals surface area (Å²) in [5.74, 6) is 0.981. The summed E-state index contributed by atoms with van der Waals surface area (Å²) in [4.78, 5) is 17.2. The van der Waals surface area contributed by atoms with E-state index in [-0.39, 0.29) is 6.61 Å². The van der Waals surface area contributed by atoms with Crippen LogP contribution in [0.5, 0.6) is 0 Å². The van der Waals surface area contributed by atoms with E-state index in [9.17, 15) is 0 Å². The molecule has 4 rings (SSSR count). The molecule has 3 heterocycles. The number of benzene rings is 1. The molecule has 1 aromatic carbocycles. The minimum atomic E-state index is 0.221. The molecule has 0 bridgehead atoms. The maximum Gasteiger partial charge on any atom is 0.156 e. The SMILES string of the molecule is Cc1cccc2[nH]c3c(N4CCN(CCO)CC4)ncnc3c12. The van der Waals surface area contributed by atoms with E-state index >= 15 is 0 Å². The first-order valence-corrected chi connectivity index (χ1v) is 8.08. The largest absolute Gasteiger partial charge is 0.395 e. The first-order valence-electron chi connectivity index (χ1n) is 8.08. The summed E-state index contributed by atoms with van der Waals surface area (Å²) in [6.07, 6.45) is 1.66. The second-order valence-electron chi connectivity index (χ2n) is 6.10. The molecule has 3 aromatic rings. The first-order chi connectivity index (χ1) is 11.3. The summed E-state index contributed by atoms with van der Waals surface area (Å²) in [7, 11) is 0. The molecule has 2 N–H and O–H groups in total. The molecular weight excluding hydrogens is 290 g/mol. The molecule has 6 heteroatoms. The quantitative estimate of drug-likeness (QED) is 0.768. The van der Waals surface area contributed by atoms with E-state index in [1.807, 2.05) is 0 Å². The fraction of sp³-hybridized carbons (Fsp3) is 0.412. The number of aliphatic hydroxyl groups excluding tert-OH is 1. The zero-order valence-electron chi connectivity index (χ0n) is 13.3. The highest BCUT2D eigenvalue weighted by Crippen LogP contribution is 2.31. The standard InChI is InChI=1S/C17H21N5O/c1-12-3-2-4-13-14(12)15-16(20-13)17(19-11-18-15)22-7-5-21(6-8-22)9-10-23/h2-4,11,20,23H,5-10H2,1H3. The summed E-state index contributed by atoms with van der Waals surface area (Å²) in [6.45, 7) is 6.82. The van der Waals surface area contributed by atoms with E-state index in [1.54, 1.807) is 6.33 Å². The average Bonchev–Trinajstić information content (AvgIpc) is 2.96. The fourth-order valence-corrected chi connectivity index (χ4v) is 3.47. The lowest BCUT2D eigenvalue weighted by Crippen LogP contribution is -2.47. The molecule has 1 aliphatic rings. The van der Waals surface area contributed by atoms with Gasteiger partial charge in [-0.2, -0.15) is 0 Å². The third-order valence-electron chi connectivity index (χ3n) is 4.68. The van der Waals surface area contributed by atoms with Crippen molar-refractivity contribution in [2.45, 2.75) is 6.92 Å². The number of nitrogens with zero attached hydrogens (tertiary/aromatic N) is 4. The Balaban J connectivity index is 1.74. The van der Waals surface area contributed by atoms with Crippen molar-refractivity contribution in [1.82, 2.24) is 19.9 Å². The van der Waals surface area contributed by atoms with Crippen molar-refractivity contribution in [2.75, 3.05) is 44.2 Å². The van der Waals surface area contributed by atoms with E-state index in [0.29, 0.717) is 0 Å². The lowest BCUT2D eigenvalue weighted by atomic mass is 10.1. The normalized spacial score (nSPS) is 16.5. The van der Waals surface area contributed by atoms with Crippen LogP contribution in [-0.2, 0) is 0 Å². The molecule has 1 aliphatic heterocycles. The predicted octanol–water partition coefficient (Wildman–Crippen LogP) is 1.53. The molecule has 2 aromatic heterocycles. The lowest BCUT2D eigenvalue weighted by molar-refractivity contribution is 0.188. The number of hydrogen-bond donors (Lipinski definition) is 2. The Kier molecular flexibility index (Phi) is 3.63. The zero-order valence-corrected chi connectivity index (χ0v) is 13.3. The molecular formula is C17H21N5O. The van der Waals surface area contributed by atoms with Crippen molar-refractivity contribution < 1.29 is 5.11 Å². The van der Waals surface area contributed by atoms with Crippen LogP contribution in [0.25, 0.3) is 21.9 Å². The van der Waals surface area contributed by atoms with E-state index < -0.39 is 0 Å². The topological polar surface area (TPSA) is 68.3 Å². The third-order valence-corrected chi connectivity index (χ3v) is 4.68. The highest BCUT2D eigenvalue weighted by molar-refractivity contribution is 6.09. The van der Waals surface area contributed by atoms with Gasteiger partial charge in [-0.1, -0.05) is 12.1 Å². The Labute approximate surface area is 134 Å². The number of aliphatic hydroxyl groups is 1. The van der Waals surface area contributed by atoms with Crippen molar-refractivity contribution in [3.63, 3.8) is 0 Å². The summed E-state index contributed by atoms with van der Waals surface area (Å²) >= 11 is 0. The maximum absolute atomic E-state index is 9.07. The van der Waals surface area contributed by atoms with Gasteiger partial charge in [0.15, 0.2) is 5.82 Å². The maximum atomic E-state index is 9.07. The Morgan fingerprint density at radius 1 is 1.17 bits per heavy atom. The minimum Gasteiger partial charge on any atom is -0.395 e. The summed E-state index contributed by atoms with van der Waals surface area (Å²) in [5.41, 5.74) is 4.36. The number of aryl methyl sites for hydroxylation is 1. The summed E-state index contributed by atoms with van der Waals surface area (Å²) in [6, 6.07) is 6.27. The highest BCUT2D eigenvalue weighted by atomic mass is 16.3. The van der Waals surface area contributed by atoms with Gasteiger partial charge in [-0.15, -0.1) is 0 Å². The van der Waals surface area contributed by atoms with Gasteiger partial charge in [0.25, 0.3) is 0 Å². The fourth-order valence-electron chi connectivity index (χ4n) is 3.47. The van der Waals surface area contributed by atoms with Crippen LogP contribution < -0.4 is 4.90 Å². The monoisotopic (exact) mass is 311 g/mol. The van der Waals surface area contributed by atoms with Crippen LogP contribution in [-0.4, -0.2) is 64.3 Å².